The summed E-state index contributed by atoms with van der Waals surface area (Å²) in [5.41, 5.74) is 1.19. The lowest BCUT2D eigenvalue weighted by atomic mass is 9.82. The normalized spacial score (nSPS) is 26.3. The first kappa shape index (κ1) is 15.1. The molecule has 1 aliphatic heterocycles. The second-order valence-corrected chi connectivity index (χ2v) is 7.07. The second kappa shape index (κ2) is 5.40. The standard InChI is InChI=1S/C18H22N2O2/c1-17(13-21)7-2-10-20(12-17)16(22)14-3-5-15(6-4-14)18(11-19)8-9-18/h3-6,21H,2,7-10,12-13H2,1H3. The predicted molar refractivity (Wildman–Crippen MR) is 83.3 cm³/mol. The summed E-state index contributed by atoms with van der Waals surface area (Å²) in [5, 5.41) is 18.7. The van der Waals surface area contributed by atoms with E-state index >= 15 is 0 Å². The number of piperidine rings is 1. The van der Waals surface area contributed by atoms with Crippen LogP contribution in [0, 0.1) is 16.7 Å². The molecule has 1 amide bonds. The minimum Gasteiger partial charge on any atom is -0.396 e. The quantitative estimate of drug-likeness (QED) is 0.932. The maximum Gasteiger partial charge on any atom is 0.253 e. The lowest BCUT2D eigenvalue weighted by Gasteiger charge is -2.39. The summed E-state index contributed by atoms with van der Waals surface area (Å²) in [5.74, 6) is 0.0210. The molecule has 2 fully saturated rings. The number of rotatable bonds is 3. The van der Waals surface area contributed by atoms with Crippen molar-refractivity contribution in [1.29, 1.82) is 5.26 Å². The monoisotopic (exact) mass is 298 g/mol. The van der Waals surface area contributed by atoms with E-state index < -0.39 is 0 Å². The van der Waals surface area contributed by atoms with Crippen molar-refractivity contribution in [3.63, 3.8) is 0 Å². The number of carbonyl (C=O) groups is 1. The molecule has 1 aromatic rings. The van der Waals surface area contributed by atoms with Crippen molar-refractivity contribution < 1.29 is 9.90 Å². The van der Waals surface area contributed by atoms with Gasteiger partial charge >= 0.3 is 0 Å². The van der Waals surface area contributed by atoms with Crippen LogP contribution in [-0.2, 0) is 5.41 Å². The van der Waals surface area contributed by atoms with Gasteiger partial charge in [-0.15, -0.1) is 0 Å². The average molecular weight is 298 g/mol. The Labute approximate surface area is 131 Å². The molecule has 1 heterocycles. The van der Waals surface area contributed by atoms with Crippen molar-refractivity contribution in [3.05, 3.63) is 35.4 Å². The van der Waals surface area contributed by atoms with Crippen LogP contribution in [0.3, 0.4) is 0 Å². The Balaban J connectivity index is 1.74. The highest BCUT2D eigenvalue weighted by atomic mass is 16.3. The fourth-order valence-electron chi connectivity index (χ4n) is 3.32. The summed E-state index contributed by atoms with van der Waals surface area (Å²) in [4.78, 5) is 14.5. The molecule has 4 heteroatoms. The molecule has 1 aliphatic carbocycles. The van der Waals surface area contributed by atoms with Gasteiger partial charge in [0, 0.05) is 24.1 Å². The van der Waals surface area contributed by atoms with Crippen LogP contribution in [0.1, 0.15) is 48.5 Å². The molecule has 0 spiro atoms. The zero-order chi connectivity index (χ0) is 15.8. The molecule has 0 bridgehead atoms. The van der Waals surface area contributed by atoms with Crippen LogP contribution in [0.5, 0.6) is 0 Å². The van der Waals surface area contributed by atoms with Crippen LogP contribution < -0.4 is 0 Å². The summed E-state index contributed by atoms with van der Waals surface area (Å²) >= 11 is 0. The zero-order valence-corrected chi connectivity index (χ0v) is 13.0. The van der Waals surface area contributed by atoms with Crippen LogP contribution in [-0.4, -0.2) is 35.6 Å². The van der Waals surface area contributed by atoms with Gasteiger partial charge in [-0.2, -0.15) is 5.26 Å². The number of aliphatic hydroxyl groups excluding tert-OH is 1. The van der Waals surface area contributed by atoms with E-state index in [0.717, 1.165) is 37.8 Å². The zero-order valence-electron chi connectivity index (χ0n) is 13.0. The van der Waals surface area contributed by atoms with Crippen LogP contribution in [0.4, 0.5) is 0 Å². The number of hydrogen-bond donors (Lipinski definition) is 1. The smallest absolute Gasteiger partial charge is 0.253 e. The SMILES string of the molecule is CC1(CO)CCCN(C(=O)c2ccc(C3(C#N)CC3)cc2)C1. The minimum absolute atomic E-state index is 0.0210. The minimum atomic E-state index is -0.303. The molecule has 3 rings (SSSR count). The number of amides is 1. The summed E-state index contributed by atoms with van der Waals surface area (Å²) < 4.78 is 0. The molecular formula is C18H22N2O2. The molecule has 1 aromatic carbocycles. The van der Waals surface area contributed by atoms with Crippen LogP contribution in [0.25, 0.3) is 0 Å². The Morgan fingerprint density at radius 2 is 2.00 bits per heavy atom. The number of likely N-dealkylation sites (tertiary alicyclic amines) is 1. The number of carbonyl (C=O) groups excluding carboxylic acids is 1. The van der Waals surface area contributed by atoms with Crippen molar-refractivity contribution in [1.82, 2.24) is 4.90 Å². The summed E-state index contributed by atoms with van der Waals surface area (Å²) in [6.45, 7) is 3.49. The molecule has 2 aliphatic rings. The fraction of sp³-hybridized carbons (Fsp3) is 0.556. The highest BCUT2D eigenvalue weighted by Gasteiger charge is 2.44. The highest BCUT2D eigenvalue weighted by Crippen LogP contribution is 2.47. The maximum absolute atomic E-state index is 12.6. The number of benzene rings is 1. The van der Waals surface area contributed by atoms with E-state index in [0.29, 0.717) is 12.1 Å². The molecule has 1 N–H and O–H groups in total. The second-order valence-electron chi connectivity index (χ2n) is 7.07. The van der Waals surface area contributed by atoms with Gasteiger partial charge in [0.15, 0.2) is 0 Å². The lowest BCUT2D eigenvalue weighted by Crippen LogP contribution is -2.46. The molecule has 116 valence electrons. The Morgan fingerprint density at radius 1 is 1.32 bits per heavy atom. The third-order valence-electron chi connectivity index (χ3n) is 5.10. The van der Waals surface area contributed by atoms with E-state index in [9.17, 15) is 15.2 Å². The Morgan fingerprint density at radius 3 is 2.55 bits per heavy atom. The first-order valence-corrected chi connectivity index (χ1v) is 7.94. The van der Waals surface area contributed by atoms with E-state index in [2.05, 4.69) is 6.07 Å². The summed E-state index contributed by atoms with van der Waals surface area (Å²) in [7, 11) is 0. The van der Waals surface area contributed by atoms with Gasteiger partial charge < -0.3 is 10.0 Å². The largest absolute Gasteiger partial charge is 0.396 e. The molecular weight excluding hydrogens is 276 g/mol. The molecule has 0 radical (unpaired) electrons. The highest BCUT2D eigenvalue weighted by molar-refractivity contribution is 5.94. The van der Waals surface area contributed by atoms with Gasteiger partial charge in [0.05, 0.1) is 18.1 Å². The third kappa shape index (κ3) is 2.62. The first-order valence-electron chi connectivity index (χ1n) is 7.94. The summed E-state index contributed by atoms with van der Waals surface area (Å²) in [6.07, 6.45) is 3.71. The van der Waals surface area contributed by atoms with Gasteiger partial charge in [-0.3, -0.25) is 4.79 Å². The van der Waals surface area contributed by atoms with Crippen molar-refractivity contribution in [2.45, 2.75) is 38.0 Å². The molecule has 1 saturated carbocycles. The van der Waals surface area contributed by atoms with Gasteiger partial charge in [0.2, 0.25) is 0 Å². The van der Waals surface area contributed by atoms with Crippen LogP contribution in [0.2, 0.25) is 0 Å². The topological polar surface area (TPSA) is 64.3 Å². The van der Waals surface area contributed by atoms with Crippen molar-refractivity contribution in [2.24, 2.45) is 5.41 Å². The van der Waals surface area contributed by atoms with E-state index in [1.165, 1.54) is 0 Å². The maximum atomic E-state index is 12.6. The van der Waals surface area contributed by atoms with Crippen molar-refractivity contribution in [3.8, 4) is 6.07 Å². The van der Waals surface area contributed by atoms with Crippen LogP contribution >= 0.6 is 0 Å². The molecule has 22 heavy (non-hydrogen) atoms. The third-order valence-corrected chi connectivity index (χ3v) is 5.10. The van der Waals surface area contributed by atoms with Gasteiger partial charge in [-0.1, -0.05) is 19.1 Å². The Kier molecular flexibility index (Phi) is 3.70. The number of aliphatic hydroxyl groups is 1. The molecule has 1 saturated heterocycles. The lowest BCUT2D eigenvalue weighted by molar-refractivity contribution is 0.0358. The van der Waals surface area contributed by atoms with Crippen molar-refractivity contribution in [2.75, 3.05) is 19.7 Å². The van der Waals surface area contributed by atoms with E-state index in [-0.39, 0.29) is 23.3 Å². The van der Waals surface area contributed by atoms with Gasteiger partial charge in [-0.05, 0) is 43.4 Å². The number of hydrogen-bond acceptors (Lipinski definition) is 3. The fourth-order valence-corrected chi connectivity index (χ4v) is 3.32. The number of nitrogens with zero attached hydrogens (tertiary/aromatic N) is 2. The van der Waals surface area contributed by atoms with Crippen molar-refractivity contribution >= 4 is 5.91 Å². The molecule has 1 unspecified atom stereocenters. The summed E-state index contributed by atoms with van der Waals surface area (Å²) in [6, 6.07) is 9.87. The van der Waals surface area contributed by atoms with E-state index in [1.54, 1.807) is 0 Å². The number of nitriles is 1. The van der Waals surface area contributed by atoms with Gasteiger partial charge in [0.1, 0.15) is 0 Å². The molecule has 1 atom stereocenters. The Bertz CT molecular complexity index is 613. The Hall–Kier alpha value is -1.86. The molecule has 0 aromatic heterocycles. The van der Waals surface area contributed by atoms with Gasteiger partial charge in [0.25, 0.3) is 5.91 Å². The first-order chi connectivity index (χ1) is 10.5. The van der Waals surface area contributed by atoms with E-state index in [4.69, 9.17) is 0 Å². The van der Waals surface area contributed by atoms with E-state index in [1.807, 2.05) is 36.1 Å². The molecule has 4 nitrogen and oxygen atoms in total. The predicted octanol–water partition coefficient (Wildman–Crippen LogP) is 2.48. The van der Waals surface area contributed by atoms with Crippen LogP contribution in [0.15, 0.2) is 24.3 Å². The van der Waals surface area contributed by atoms with Gasteiger partial charge in [-0.25, -0.2) is 0 Å². The average Bonchev–Trinajstić information content (AvgIpc) is 3.36.